The summed E-state index contributed by atoms with van der Waals surface area (Å²) in [6.45, 7) is 8.07. The molecule has 1 aromatic carbocycles. The van der Waals surface area contributed by atoms with Crippen LogP contribution in [-0.2, 0) is 4.74 Å². The van der Waals surface area contributed by atoms with Crippen LogP contribution in [0.15, 0.2) is 42.7 Å². The Hall–Kier alpha value is -3.17. The van der Waals surface area contributed by atoms with Gasteiger partial charge in [-0.05, 0) is 36.4 Å². The van der Waals surface area contributed by atoms with Crippen LogP contribution in [0.3, 0.4) is 0 Å². The number of benzene rings is 1. The predicted molar refractivity (Wildman–Crippen MR) is 111 cm³/mol. The fraction of sp³-hybridized carbons (Fsp3) is 0.381. The maximum Gasteiger partial charge on any atom is 0.251 e. The van der Waals surface area contributed by atoms with Gasteiger partial charge in [0.25, 0.3) is 5.91 Å². The zero-order valence-corrected chi connectivity index (χ0v) is 17.2. The Labute approximate surface area is 175 Å². The lowest BCUT2D eigenvalue weighted by Gasteiger charge is -2.29. The quantitative estimate of drug-likeness (QED) is 0.661. The molecule has 3 heterocycles. The lowest BCUT2D eigenvalue weighted by molar-refractivity contribution is 0.0342. The van der Waals surface area contributed by atoms with Gasteiger partial charge in [-0.3, -0.25) is 9.69 Å². The van der Waals surface area contributed by atoms with Crippen LogP contribution >= 0.6 is 0 Å². The molecular formula is C21H25N7O2. The number of pyridine rings is 1. The molecule has 1 fully saturated rings. The van der Waals surface area contributed by atoms with E-state index in [1.165, 1.54) is 11.0 Å². The van der Waals surface area contributed by atoms with E-state index < -0.39 is 0 Å². The molecule has 0 radical (unpaired) electrons. The molecule has 1 atom stereocenters. The van der Waals surface area contributed by atoms with Crippen LogP contribution in [-0.4, -0.2) is 74.9 Å². The Morgan fingerprint density at radius 3 is 2.67 bits per heavy atom. The first-order chi connectivity index (χ1) is 14.6. The van der Waals surface area contributed by atoms with Crippen molar-refractivity contribution in [3.05, 3.63) is 53.9 Å². The fourth-order valence-electron chi connectivity index (χ4n) is 3.43. The third-order valence-corrected chi connectivity index (χ3v) is 5.02. The van der Waals surface area contributed by atoms with E-state index in [2.05, 4.69) is 30.7 Å². The molecule has 0 bridgehead atoms. The van der Waals surface area contributed by atoms with E-state index in [1.807, 2.05) is 38.1 Å². The summed E-state index contributed by atoms with van der Waals surface area (Å²) in [7, 11) is 0. The summed E-state index contributed by atoms with van der Waals surface area (Å²) in [4.78, 5) is 20.0. The predicted octanol–water partition coefficient (Wildman–Crippen LogP) is 1.48. The Balaban J connectivity index is 1.57. The number of aromatic nitrogens is 5. The number of hydrogen-bond acceptors (Lipinski definition) is 7. The molecule has 0 saturated carbocycles. The minimum absolute atomic E-state index is 0.00285. The summed E-state index contributed by atoms with van der Waals surface area (Å²) in [5, 5.41) is 14.4. The van der Waals surface area contributed by atoms with Gasteiger partial charge in [0, 0.05) is 36.8 Å². The summed E-state index contributed by atoms with van der Waals surface area (Å²) in [6.07, 6.45) is 1.46. The molecule has 9 heteroatoms. The van der Waals surface area contributed by atoms with E-state index in [-0.39, 0.29) is 11.9 Å². The molecule has 1 unspecified atom stereocenters. The van der Waals surface area contributed by atoms with Crippen molar-refractivity contribution in [3.8, 4) is 17.1 Å². The monoisotopic (exact) mass is 407 g/mol. The van der Waals surface area contributed by atoms with Crippen molar-refractivity contribution in [3.63, 3.8) is 0 Å². The minimum atomic E-state index is -0.152. The van der Waals surface area contributed by atoms with Gasteiger partial charge in [0.15, 0.2) is 5.82 Å². The van der Waals surface area contributed by atoms with E-state index in [1.54, 1.807) is 12.1 Å². The number of morpholine rings is 1. The van der Waals surface area contributed by atoms with Gasteiger partial charge in [-0.1, -0.05) is 29.8 Å². The first kappa shape index (κ1) is 20.1. The summed E-state index contributed by atoms with van der Waals surface area (Å²) in [5.74, 6) is 0.338. The van der Waals surface area contributed by atoms with Crippen LogP contribution in [0.5, 0.6) is 0 Å². The van der Waals surface area contributed by atoms with Crippen molar-refractivity contribution in [2.45, 2.75) is 19.9 Å². The topological polar surface area (TPSA) is 98.1 Å². The van der Waals surface area contributed by atoms with E-state index in [4.69, 9.17) is 4.74 Å². The van der Waals surface area contributed by atoms with E-state index >= 15 is 0 Å². The summed E-state index contributed by atoms with van der Waals surface area (Å²) in [5.41, 5.74) is 3.28. The molecule has 156 valence electrons. The van der Waals surface area contributed by atoms with Crippen molar-refractivity contribution >= 4 is 5.91 Å². The molecule has 4 rings (SSSR count). The van der Waals surface area contributed by atoms with Crippen molar-refractivity contribution < 1.29 is 9.53 Å². The third-order valence-electron chi connectivity index (χ3n) is 5.02. The molecule has 1 N–H and O–H groups in total. The van der Waals surface area contributed by atoms with Gasteiger partial charge in [0.05, 0.1) is 18.9 Å². The van der Waals surface area contributed by atoms with Gasteiger partial charge in [-0.2, -0.15) is 4.68 Å². The summed E-state index contributed by atoms with van der Waals surface area (Å²) < 4.78 is 6.84. The second-order valence-electron chi connectivity index (χ2n) is 7.51. The Morgan fingerprint density at radius 2 is 1.97 bits per heavy atom. The van der Waals surface area contributed by atoms with E-state index in [9.17, 15) is 4.79 Å². The molecule has 0 aliphatic carbocycles. The molecule has 1 aliphatic heterocycles. The van der Waals surface area contributed by atoms with Gasteiger partial charge in [0.1, 0.15) is 6.33 Å². The number of amides is 1. The van der Waals surface area contributed by atoms with Crippen molar-refractivity contribution in [2.24, 2.45) is 0 Å². The van der Waals surface area contributed by atoms with Crippen LogP contribution < -0.4 is 5.32 Å². The largest absolute Gasteiger partial charge is 0.379 e. The van der Waals surface area contributed by atoms with Gasteiger partial charge in [-0.15, -0.1) is 5.10 Å². The SMILES string of the molecule is Cc1ccc(-c2cc(C(=O)NC(C)CN3CCOCC3)cc(-n3cnnn3)n2)cc1. The average molecular weight is 407 g/mol. The standard InChI is InChI=1S/C21H25N7O2/c1-15-3-5-17(6-4-15)19-11-18(12-20(24-19)28-14-22-25-26-28)21(29)23-16(2)13-27-7-9-30-10-8-27/h3-6,11-12,14,16H,7-10,13H2,1-2H3,(H,23,29). The first-order valence-electron chi connectivity index (χ1n) is 10.0. The van der Waals surface area contributed by atoms with Gasteiger partial charge in [-0.25, -0.2) is 4.98 Å². The molecule has 3 aromatic rings. The molecule has 0 spiro atoms. The minimum Gasteiger partial charge on any atom is -0.379 e. The molecule has 2 aromatic heterocycles. The van der Waals surface area contributed by atoms with Crippen LogP contribution in [0, 0.1) is 6.92 Å². The molecule has 30 heavy (non-hydrogen) atoms. The van der Waals surface area contributed by atoms with Crippen LogP contribution in [0.4, 0.5) is 0 Å². The van der Waals surface area contributed by atoms with Crippen molar-refractivity contribution in [1.82, 2.24) is 35.4 Å². The Morgan fingerprint density at radius 1 is 1.20 bits per heavy atom. The Bertz CT molecular complexity index is 983. The first-order valence-corrected chi connectivity index (χ1v) is 10.0. The number of aryl methyl sites for hydroxylation is 1. The van der Waals surface area contributed by atoms with Crippen molar-refractivity contribution in [2.75, 3.05) is 32.8 Å². The van der Waals surface area contributed by atoms with Crippen LogP contribution in [0.2, 0.25) is 0 Å². The average Bonchev–Trinajstić information content (AvgIpc) is 3.29. The maximum absolute atomic E-state index is 13.0. The normalized spacial score (nSPS) is 15.7. The van der Waals surface area contributed by atoms with Crippen LogP contribution in [0.25, 0.3) is 17.1 Å². The number of nitrogens with zero attached hydrogens (tertiary/aromatic N) is 6. The van der Waals surface area contributed by atoms with Gasteiger partial charge in [0.2, 0.25) is 0 Å². The second-order valence-corrected chi connectivity index (χ2v) is 7.51. The van der Waals surface area contributed by atoms with Gasteiger partial charge >= 0.3 is 0 Å². The highest BCUT2D eigenvalue weighted by molar-refractivity contribution is 5.95. The number of carbonyl (C=O) groups is 1. The number of tetrazole rings is 1. The smallest absolute Gasteiger partial charge is 0.251 e. The lowest BCUT2D eigenvalue weighted by Crippen LogP contribution is -2.46. The summed E-state index contributed by atoms with van der Waals surface area (Å²) >= 11 is 0. The molecule has 9 nitrogen and oxygen atoms in total. The highest BCUT2D eigenvalue weighted by Gasteiger charge is 2.18. The summed E-state index contributed by atoms with van der Waals surface area (Å²) in [6, 6.07) is 11.5. The zero-order valence-electron chi connectivity index (χ0n) is 17.2. The zero-order chi connectivity index (χ0) is 20.9. The third kappa shape index (κ3) is 4.87. The number of nitrogens with one attached hydrogen (secondary N) is 1. The van der Waals surface area contributed by atoms with E-state index in [0.717, 1.165) is 44.0 Å². The highest BCUT2D eigenvalue weighted by Crippen LogP contribution is 2.21. The number of hydrogen-bond donors (Lipinski definition) is 1. The molecule has 1 amide bonds. The maximum atomic E-state index is 13.0. The van der Waals surface area contributed by atoms with E-state index in [0.29, 0.717) is 17.1 Å². The number of rotatable bonds is 6. The highest BCUT2D eigenvalue weighted by atomic mass is 16.5. The molecule has 1 saturated heterocycles. The second kappa shape index (κ2) is 9.10. The molecular weight excluding hydrogens is 382 g/mol. The van der Waals surface area contributed by atoms with Crippen molar-refractivity contribution in [1.29, 1.82) is 0 Å². The lowest BCUT2D eigenvalue weighted by atomic mass is 10.1. The van der Waals surface area contributed by atoms with Crippen LogP contribution in [0.1, 0.15) is 22.8 Å². The Kier molecular flexibility index (Phi) is 6.10. The number of ether oxygens (including phenoxy) is 1. The number of carbonyl (C=O) groups excluding carboxylic acids is 1. The fourth-order valence-corrected chi connectivity index (χ4v) is 3.43. The molecule has 1 aliphatic rings. The van der Waals surface area contributed by atoms with Gasteiger partial charge < -0.3 is 10.1 Å².